The fraction of sp³-hybridized carbons (Fsp3) is 0.611. The Kier molecular flexibility index (Phi) is 5.11. The standard InChI is InChI=1S/C18H26N2O2/c1-14(16-11-19-12-16)18(21)20-9-7-17(8-10-20)22-13-15-5-3-2-4-6-15/h2-6,14,16-17,19H,7-13H2,1H3. The van der Waals surface area contributed by atoms with Gasteiger partial charge in [-0.1, -0.05) is 37.3 Å². The quantitative estimate of drug-likeness (QED) is 0.905. The maximum Gasteiger partial charge on any atom is 0.225 e. The number of ether oxygens (including phenoxy) is 1. The van der Waals surface area contributed by atoms with Crippen LogP contribution in [0.25, 0.3) is 0 Å². The average molecular weight is 302 g/mol. The summed E-state index contributed by atoms with van der Waals surface area (Å²) in [4.78, 5) is 14.5. The molecule has 1 amide bonds. The minimum absolute atomic E-state index is 0.156. The van der Waals surface area contributed by atoms with E-state index in [1.807, 2.05) is 23.1 Å². The molecule has 2 aliphatic heterocycles. The number of amides is 1. The smallest absolute Gasteiger partial charge is 0.225 e. The van der Waals surface area contributed by atoms with E-state index in [1.165, 1.54) is 5.56 Å². The van der Waals surface area contributed by atoms with Crippen molar-refractivity contribution in [1.82, 2.24) is 10.2 Å². The van der Waals surface area contributed by atoms with Gasteiger partial charge in [-0.05, 0) is 37.4 Å². The summed E-state index contributed by atoms with van der Waals surface area (Å²) in [7, 11) is 0. The lowest BCUT2D eigenvalue weighted by Gasteiger charge is -2.38. The van der Waals surface area contributed by atoms with Crippen molar-refractivity contribution < 1.29 is 9.53 Å². The Hall–Kier alpha value is -1.39. The molecule has 2 saturated heterocycles. The molecular formula is C18H26N2O2. The van der Waals surface area contributed by atoms with Crippen LogP contribution in [0.15, 0.2) is 30.3 Å². The van der Waals surface area contributed by atoms with Gasteiger partial charge in [-0.2, -0.15) is 0 Å². The zero-order chi connectivity index (χ0) is 15.4. The molecule has 0 spiro atoms. The van der Waals surface area contributed by atoms with Gasteiger partial charge >= 0.3 is 0 Å². The lowest BCUT2D eigenvalue weighted by Crippen LogP contribution is -2.52. The number of nitrogens with one attached hydrogen (secondary N) is 1. The van der Waals surface area contributed by atoms with Gasteiger partial charge in [0.2, 0.25) is 5.91 Å². The second kappa shape index (κ2) is 7.25. The number of nitrogens with zero attached hydrogens (tertiary/aromatic N) is 1. The maximum atomic E-state index is 12.5. The summed E-state index contributed by atoms with van der Waals surface area (Å²) in [5, 5.41) is 3.25. The lowest BCUT2D eigenvalue weighted by atomic mass is 9.87. The van der Waals surface area contributed by atoms with Crippen LogP contribution in [0, 0.1) is 11.8 Å². The van der Waals surface area contributed by atoms with Gasteiger partial charge in [0, 0.05) is 19.0 Å². The Bertz CT molecular complexity index is 479. The Balaban J connectivity index is 1.41. The highest BCUT2D eigenvalue weighted by atomic mass is 16.5. The highest BCUT2D eigenvalue weighted by Gasteiger charge is 2.33. The number of benzene rings is 1. The molecule has 0 aromatic heterocycles. The number of hydrogen-bond donors (Lipinski definition) is 1. The molecule has 2 fully saturated rings. The summed E-state index contributed by atoms with van der Waals surface area (Å²) in [6, 6.07) is 10.3. The Labute approximate surface area is 132 Å². The van der Waals surface area contributed by atoms with Gasteiger partial charge in [-0.15, -0.1) is 0 Å². The van der Waals surface area contributed by atoms with Crippen LogP contribution in [0.1, 0.15) is 25.3 Å². The van der Waals surface area contributed by atoms with Crippen molar-refractivity contribution in [2.45, 2.75) is 32.5 Å². The van der Waals surface area contributed by atoms with Crippen molar-refractivity contribution in [3.05, 3.63) is 35.9 Å². The summed E-state index contributed by atoms with van der Waals surface area (Å²) in [5.74, 6) is 1.01. The SMILES string of the molecule is CC(C(=O)N1CCC(OCc2ccccc2)CC1)C1CNC1. The molecule has 2 aliphatic rings. The first kappa shape index (κ1) is 15.5. The van der Waals surface area contributed by atoms with Gasteiger partial charge in [-0.3, -0.25) is 4.79 Å². The van der Waals surface area contributed by atoms with Gasteiger partial charge in [-0.25, -0.2) is 0 Å². The van der Waals surface area contributed by atoms with Gasteiger partial charge in [0.1, 0.15) is 0 Å². The van der Waals surface area contributed by atoms with E-state index in [0.717, 1.165) is 39.0 Å². The molecule has 0 saturated carbocycles. The molecule has 4 nitrogen and oxygen atoms in total. The lowest BCUT2D eigenvalue weighted by molar-refractivity contribution is -0.140. The molecule has 0 aliphatic carbocycles. The molecule has 1 aromatic carbocycles. The van der Waals surface area contributed by atoms with Crippen molar-refractivity contribution >= 4 is 5.91 Å². The van der Waals surface area contributed by atoms with Gasteiger partial charge in [0.05, 0.1) is 12.7 Å². The molecule has 1 N–H and O–H groups in total. The summed E-state index contributed by atoms with van der Waals surface area (Å²) in [5.41, 5.74) is 1.21. The minimum Gasteiger partial charge on any atom is -0.373 e. The third-order valence-electron chi connectivity index (χ3n) is 4.99. The summed E-state index contributed by atoms with van der Waals surface area (Å²) < 4.78 is 5.99. The maximum absolute atomic E-state index is 12.5. The van der Waals surface area contributed by atoms with E-state index >= 15 is 0 Å². The van der Waals surface area contributed by atoms with Crippen LogP contribution in [-0.2, 0) is 16.1 Å². The van der Waals surface area contributed by atoms with Crippen LogP contribution in [0.2, 0.25) is 0 Å². The Morgan fingerprint density at radius 1 is 1.27 bits per heavy atom. The van der Waals surface area contributed by atoms with E-state index in [1.54, 1.807) is 0 Å². The number of likely N-dealkylation sites (tertiary alicyclic amines) is 1. The van der Waals surface area contributed by atoms with E-state index in [2.05, 4.69) is 24.4 Å². The fourth-order valence-corrected chi connectivity index (χ4v) is 3.19. The van der Waals surface area contributed by atoms with E-state index in [4.69, 9.17) is 4.74 Å². The largest absolute Gasteiger partial charge is 0.373 e. The monoisotopic (exact) mass is 302 g/mol. The van der Waals surface area contributed by atoms with Crippen molar-refractivity contribution in [3.8, 4) is 0 Å². The first-order valence-electron chi connectivity index (χ1n) is 8.39. The van der Waals surface area contributed by atoms with E-state index in [-0.39, 0.29) is 12.0 Å². The van der Waals surface area contributed by atoms with Crippen molar-refractivity contribution in [1.29, 1.82) is 0 Å². The number of carbonyl (C=O) groups excluding carboxylic acids is 1. The highest BCUT2D eigenvalue weighted by Crippen LogP contribution is 2.22. The van der Waals surface area contributed by atoms with E-state index < -0.39 is 0 Å². The molecule has 1 aromatic rings. The fourth-order valence-electron chi connectivity index (χ4n) is 3.19. The van der Waals surface area contributed by atoms with Crippen LogP contribution in [-0.4, -0.2) is 43.1 Å². The zero-order valence-electron chi connectivity index (χ0n) is 13.3. The molecule has 2 heterocycles. The molecule has 0 bridgehead atoms. The van der Waals surface area contributed by atoms with Gasteiger partial charge in [0.15, 0.2) is 0 Å². The summed E-state index contributed by atoms with van der Waals surface area (Å²) >= 11 is 0. The van der Waals surface area contributed by atoms with Crippen LogP contribution >= 0.6 is 0 Å². The zero-order valence-corrected chi connectivity index (χ0v) is 13.3. The second-order valence-electron chi connectivity index (χ2n) is 6.53. The van der Waals surface area contributed by atoms with E-state index in [0.29, 0.717) is 18.4 Å². The predicted octanol–water partition coefficient (Wildman–Crippen LogP) is 2.05. The first-order chi connectivity index (χ1) is 10.7. The van der Waals surface area contributed by atoms with Crippen LogP contribution in [0.4, 0.5) is 0 Å². The topological polar surface area (TPSA) is 41.6 Å². The van der Waals surface area contributed by atoms with Crippen LogP contribution in [0.5, 0.6) is 0 Å². The molecule has 3 rings (SSSR count). The molecule has 22 heavy (non-hydrogen) atoms. The third-order valence-corrected chi connectivity index (χ3v) is 4.99. The first-order valence-corrected chi connectivity index (χ1v) is 8.39. The highest BCUT2D eigenvalue weighted by molar-refractivity contribution is 5.79. The molecule has 120 valence electrons. The normalized spacial score (nSPS) is 21.4. The van der Waals surface area contributed by atoms with Crippen molar-refractivity contribution in [3.63, 3.8) is 0 Å². The van der Waals surface area contributed by atoms with Gasteiger partial charge < -0.3 is 15.0 Å². The minimum atomic E-state index is 0.156. The summed E-state index contributed by atoms with van der Waals surface area (Å²) in [6.07, 6.45) is 2.19. The number of rotatable bonds is 5. The van der Waals surface area contributed by atoms with Crippen molar-refractivity contribution in [2.24, 2.45) is 11.8 Å². The molecule has 1 unspecified atom stereocenters. The predicted molar refractivity (Wildman–Crippen MR) is 86.4 cm³/mol. The number of hydrogen-bond acceptors (Lipinski definition) is 3. The molecular weight excluding hydrogens is 276 g/mol. The number of piperidine rings is 1. The molecule has 4 heteroatoms. The second-order valence-corrected chi connectivity index (χ2v) is 6.53. The Morgan fingerprint density at radius 3 is 2.55 bits per heavy atom. The van der Waals surface area contributed by atoms with Crippen molar-refractivity contribution in [2.75, 3.05) is 26.2 Å². The number of carbonyl (C=O) groups is 1. The molecule has 0 radical (unpaired) electrons. The van der Waals surface area contributed by atoms with Crippen LogP contribution < -0.4 is 5.32 Å². The molecule has 1 atom stereocenters. The van der Waals surface area contributed by atoms with Gasteiger partial charge in [0.25, 0.3) is 0 Å². The van der Waals surface area contributed by atoms with E-state index in [9.17, 15) is 4.79 Å². The Morgan fingerprint density at radius 2 is 1.95 bits per heavy atom. The third kappa shape index (κ3) is 3.68. The summed E-state index contributed by atoms with van der Waals surface area (Å²) in [6.45, 7) is 6.40. The van der Waals surface area contributed by atoms with Crippen LogP contribution in [0.3, 0.4) is 0 Å². The average Bonchev–Trinajstić information content (AvgIpc) is 2.52.